The van der Waals surface area contributed by atoms with E-state index in [1.165, 1.54) is 18.2 Å². The van der Waals surface area contributed by atoms with E-state index < -0.39 is 11.9 Å². The molecule has 2 aromatic carbocycles. The summed E-state index contributed by atoms with van der Waals surface area (Å²) in [4.78, 5) is 30.8. The third kappa shape index (κ3) is 3.94. The number of rotatable bonds is 5. The number of aromatic amines is 1. The number of nitrogens with one attached hydrogen (secondary N) is 2. The molecule has 128 valence electrons. The maximum Gasteiger partial charge on any atom is 0.336 e. The molecule has 3 aromatic rings. The second kappa shape index (κ2) is 7.16. The van der Waals surface area contributed by atoms with Crippen LogP contribution in [-0.4, -0.2) is 33.5 Å². The van der Waals surface area contributed by atoms with E-state index in [9.17, 15) is 14.7 Å². The lowest BCUT2D eigenvalue weighted by Gasteiger charge is -2.08. The smallest absolute Gasteiger partial charge is 0.336 e. The molecule has 3 rings (SSSR count). The topological polar surface area (TPSA) is 95.1 Å². The number of thiol groups is 1. The van der Waals surface area contributed by atoms with Crippen molar-refractivity contribution in [3.63, 3.8) is 0 Å². The Morgan fingerprint density at radius 3 is 2.76 bits per heavy atom. The SMILES string of the molecule is O=C(O)c1cc(Cl)ccc1C(=O)NCCc1ccc2[nH]c(S)nc2c1. The number of carboxylic acid groups (broad SMARTS) is 1. The minimum Gasteiger partial charge on any atom is -0.478 e. The molecule has 3 N–H and O–H groups in total. The third-order valence-corrected chi connectivity index (χ3v) is 4.14. The van der Waals surface area contributed by atoms with Crippen molar-refractivity contribution in [2.75, 3.05) is 6.54 Å². The van der Waals surface area contributed by atoms with E-state index in [4.69, 9.17) is 11.6 Å². The molecule has 1 aromatic heterocycles. The van der Waals surface area contributed by atoms with E-state index in [-0.39, 0.29) is 16.1 Å². The summed E-state index contributed by atoms with van der Waals surface area (Å²) in [6.45, 7) is 0.365. The van der Waals surface area contributed by atoms with E-state index in [1.807, 2.05) is 18.2 Å². The zero-order valence-electron chi connectivity index (χ0n) is 12.9. The highest BCUT2D eigenvalue weighted by Crippen LogP contribution is 2.17. The van der Waals surface area contributed by atoms with Crippen molar-refractivity contribution in [2.45, 2.75) is 11.6 Å². The van der Waals surface area contributed by atoms with Gasteiger partial charge in [0, 0.05) is 11.6 Å². The summed E-state index contributed by atoms with van der Waals surface area (Å²) in [5.74, 6) is -1.65. The van der Waals surface area contributed by atoms with Gasteiger partial charge in [0.05, 0.1) is 22.2 Å². The number of carboxylic acids is 1. The molecule has 8 heteroatoms. The van der Waals surface area contributed by atoms with Gasteiger partial charge in [0.25, 0.3) is 5.91 Å². The summed E-state index contributed by atoms with van der Waals surface area (Å²) in [5, 5.41) is 12.7. The van der Waals surface area contributed by atoms with Gasteiger partial charge in [0.1, 0.15) is 0 Å². The van der Waals surface area contributed by atoms with Crippen LogP contribution < -0.4 is 5.32 Å². The van der Waals surface area contributed by atoms with Crippen LogP contribution in [0.5, 0.6) is 0 Å². The number of aromatic carboxylic acids is 1. The van der Waals surface area contributed by atoms with Crippen LogP contribution in [0.3, 0.4) is 0 Å². The van der Waals surface area contributed by atoms with Crippen LogP contribution in [0.4, 0.5) is 0 Å². The first-order chi connectivity index (χ1) is 11.9. The number of hydrogen-bond donors (Lipinski definition) is 4. The second-order valence-corrected chi connectivity index (χ2v) is 6.27. The number of hydrogen-bond acceptors (Lipinski definition) is 4. The number of nitrogens with zero attached hydrogens (tertiary/aromatic N) is 1. The molecule has 1 heterocycles. The van der Waals surface area contributed by atoms with Crippen LogP contribution >= 0.6 is 24.2 Å². The summed E-state index contributed by atoms with van der Waals surface area (Å²) in [7, 11) is 0. The van der Waals surface area contributed by atoms with E-state index in [0.717, 1.165) is 16.6 Å². The van der Waals surface area contributed by atoms with Crippen LogP contribution in [0.2, 0.25) is 5.02 Å². The molecular weight excluding hydrogens is 362 g/mol. The quantitative estimate of drug-likeness (QED) is 0.515. The third-order valence-electron chi connectivity index (χ3n) is 3.69. The number of aromatic nitrogens is 2. The molecule has 25 heavy (non-hydrogen) atoms. The van der Waals surface area contributed by atoms with Gasteiger partial charge in [0.15, 0.2) is 5.16 Å². The number of benzene rings is 2. The molecule has 0 saturated carbocycles. The maximum atomic E-state index is 12.2. The summed E-state index contributed by atoms with van der Waals surface area (Å²) in [6.07, 6.45) is 0.590. The zero-order valence-corrected chi connectivity index (χ0v) is 14.6. The lowest BCUT2D eigenvalue weighted by molar-refractivity contribution is 0.0691. The molecular formula is C17H14ClN3O3S. The lowest BCUT2D eigenvalue weighted by atomic mass is 10.1. The summed E-state index contributed by atoms with van der Waals surface area (Å²) in [6, 6.07) is 9.92. The van der Waals surface area contributed by atoms with E-state index in [1.54, 1.807) is 0 Å². The van der Waals surface area contributed by atoms with Gasteiger partial charge < -0.3 is 15.4 Å². The molecule has 0 spiro atoms. The number of carbonyl (C=O) groups is 2. The standard InChI is InChI=1S/C17H14ClN3O3S/c18-10-2-3-11(12(8-10)16(23)24)15(22)19-6-5-9-1-4-13-14(7-9)21-17(25)20-13/h1-4,7-8H,5-6H2,(H,19,22)(H,23,24)(H2,20,21,25). The van der Waals surface area contributed by atoms with Gasteiger partial charge in [-0.15, -0.1) is 12.6 Å². The first-order valence-electron chi connectivity index (χ1n) is 7.42. The van der Waals surface area contributed by atoms with Crippen LogP contribution in [0, 0.1) is 0 Å². The fraction of sp³-hybridized carbons (Fsp3) is 0.118. The molecule has 0 aliphatic heterocycles. The monoisotopic (exact) mass is 375 g/mol. The normalized spacial score (nSPS) is 10.8. The van der Waals surface area contributed by atoms with Gasteiger partial charge in [0.2, 0.25) is 0 Å². The molecule has 6 nitrogen and oxygen atoms in total. The maximum absolute atomic E-state index is 12.2. The number of H-pyrrole nitrogens is 1. The first kappa shape index (κ1) is 17.3. The number of amides is 1. The number of imidazole rings is 1. The van der Waals surface area contributed by atoms with E-state index >= 15 is 0 Å². The molecule has 0 radical (unpaired) electrons. The van der Waals surface area contributed by atoms with Crippen molar-refractivity contribution < 1.29 is 14.7 Å². The average Bonchev–Trinajstić information content (AvgIpc) is 2.93. The largest absolute Gasteiger partial charge is 0.478 e. The second-order valence-electron chi connectivity index (χ2n) is 5.41. The van der Waals surface area contributed by atoms with Crippen molar-refractivity contribution in [3.8, 4) is 0 Å². The van der Waals surface area contributed by atoms with Crippen LogP contribution in [-0.2, 0) is 6.42 Å². The van der Waals surface area contributed by atoms with Crippen LogP contribution in [0.15, 0.2) is 41.6 Å². The Kier molecular flexibility index (Phi) is 4.96. The van der Waals surface area contributed by atoms with E-state index in [2.05, 4.69) is 27.9 Å². The van der Waals surface area contributed by atoms with Crippen molar-refractivity contribution in [1.82, 2.24) is 15.3 Å². The molecule has 0 atom stereocenters. The minimum absolute atomic E-state index is 0.0827. The van der Waals surface area contributed by atoms with Gasteiger partial charge in [-0.1, -0.05) is 17.7 Å². The highest BCUT2D eigenvalue weighted by Gasteiger charge is 2.16. The van der Waals surface area contributed by atoms with Gasteiger partial charge in [-0.3, -0.25) is 4.79 Å². The van der Waals surface area contributed by atoms with Gasteiger partial charge in [-0.05, 0) is 42.3 Å². The van der Waals surface area contributed by atoms with Gasteiger partial charge in [-0.25, -0.2) is 9.78 Å². The molecule has 1 amide bonds. The van der Waals surface area contributed by atoms with Crippen LogP contribution in [0.1, 0.15) is 26.3 Å². The Labute approximate surface area is 153 Å². The van der Waals surface area contributed by atoms with Crippen molar-refractivity contribution in [1.29, 1.82) is 0 Å². The van der Waals surface area contributed by atoms with Crippen molar-refractivity contribution in [2.24, 2.45) is 0 Å². The fourth-order valence-electron chi connectivity index (χ4n) is 2.50. The molecule has 0 saturated heterocycles. The Balaban J connectivity index is 1.67. The summed E-state index contributed by atoms with van der Waals surface area (Å²) >= 11 is 9.96. The fourth-order valence-corrected chi connectivity index (χ4v) is 2.90. The molecule has 0 unspecified atom stereocenters. The molecule has 0 aliphatic rings. The lowest BCUT2D eigenvalue weighted by Crippen LogP contribution is -2.27. The summed E-state index contributed by atoms with van der Waals surface area (Å²) < 4.78 is 0. The minimum atomic E-state index is -1.20. The number of fused-ring (bicyclic) bond motifs is 1. The van der Waals surface area contributed by atoms with Gasteiger partial charge >= 0.3 is 5.97 Å². The highest BCUT2D eigenvalue weighted by atomic mass is 35.5. The average molecular weight is 376 g/mol. The van der Waals surface area contributed by atoms with Crippen LogP contribution in [0.25, 0.3) is 11.0 Å². The molecule has 0 bridgehead atoms. The Hall–Kier alpha value is -2.51. The van der Waals surface area contributed by atoms with Gasteiger partial charge in [-0.2, -0.15) is 0 Å². The molecule has 0 aliphatic carbocycles. The predicted molar refractivity (Wildman–Crippen MR) is 97.8 cm³/mol. The summed E-state index contributed by atoms with van der Waals surface area (Å²) in [5.41, 5.74) is 2.66. The predicted octanol–water partition coefficient (Wildman–Crippen LogP) is 3.18. The Morgan fingerprint density at radius 2 is 2.00 bits per heavy atom. The van der Waals surface area contributed by atoms with Crippen molar-refractivity contribution >= 4 is 47.1 Å². The number of halogens is 1. The highest BCUT2D eigenvalue weighted by molar-refractivity contribution is 7.80. The Bertz CT molecular complexity index is 971. The zero-order chi connectivity index (χ0) is 18.0. The number of carbonyl (C=O) groups excluding carboxylic acids is 1. The Morgan fingerprint density at radius 1 is 1.20 bits per heavy atom. The van der Waals surface area contributed by atoms with Crippen molar-refractivity contribution in [3.05, 3.63) is 58.1 Å². The first-order valence-corrected chi connectivity index (χ1v) is 8.25. The molecule has 0 fully saturated rings. The van der Waals surface area contributed by atoms with E-state index in [0.29, 0.717) is 18.1 Å².